The number of nitrogens with one attached hydrogen (secondary N) is 1. The lowest BCUT2D eigenvalue weighted by Crippen LogP contribution is -2.57. The first-order chi connectivity index (χ1) is 19.2. The van der Waals surface area contributed by atoms with E-state index in [1.807, 2.05) is 49.6 Å². The number of hydrogen-bond acceptors (Lipinski definition) is 4. The highest BCUT2D eigenvalue weighted by atomic mass is 32.2. The molecule has 0 spiro atoms. The fourth-order valence-corrected chi connectivity index (χ4v) is 6.41. The first kappa shape index (κ1) is 29.9. The smallest absolute Gasteiger partial charge is 0.326 e. The Hall–Kier alpha value is -3.09. The van der Waals surface area contributed by atoms with Crippen LogP contribution in [0.15, 0.2) is 72.8 Å². The van der Waals surface area contributed by atoms with Crippen molar-refractivity contribution in [3.8, 4) is 11.1 Å². The van der Waals surface area contributed by atoms with Gasteiger partial charge in [-0.2, -0.15) is 11.8 Å². The Kier molecular flexibility index (Phi) is 10.1. The monoisotopic (exact) mass is 558 g/mol. The minimum absolute atomic E-state index is 0.125. The van der Waals surface area contributed by atoms with Gasteiger partial charge in [0, 0.05) is 23.7 Å². The van der Waals surface area contributed by atoms with Crippen molar-refractivity contribution in [2.24, 2.45) is 0 Å². The van der Waals surface area contributed by atoms with Crippen LogP contribution in [0.3, 0.4) is 0 Å². The van der Waals surface area contributed by atoms with Crippen molar-refractivity contribution >= 4 is 23.6 Å². The lowest BCUT2D eigenvalue weighted by atomic mass is 9.70. The number of thioether (sulfide) groups is 1. The Bertz CT molecular complexity index is 1300. The van der Waals surface area contributed by atoms with E-state index >= 15 is 0 Å². The highest BCUT2D eigenvalue weighted by Crippen LogP contribution is 2.43. The average molecular weight is 559 g/mol. The molecule has 0 bridgehead atoms. The third-order valence-electron chi connectivity index (χ3n) is 8.22. The number of carboxylic acid groups (broad SMARTS) is 1. The number of carbonyl (C=O) groups is 2. The summed E-state index contributed by atoms with van der Waals surface area (Å²) in [4.78, 5) is 28.0. The molecule has 1 aliphatic carbocycles. The summed E-state index contributed by atoms with van der Waals surface area (Å²) >= 11 is 1.57. The van der Waals surface area contributed by atoms with Crippen molar-refractivity contribution in [2.75, 3.05) is 12.0 Å². The summed E-state index contributed by atoms with van der Waals surface area (Å²) in [6, 6.07) is 24.3. The van der Waals surface area contributed by atoms with Gasteiger partial charge in [-0.15, -0.1) is 0 Å². The zero-order valence-electron chi connectivity index (χ0n) is 24.2. The molecule has 1 amide bonds. The molecule has 4 rings (SSSR count). The molecule has 1 aliphatic rings. The van der Waals surface area contributed by atoms with Crippen LogP contribution in [-0.2, 0) is 17.8 Å². The lowest BCUT2D eigenvalue weighted by molar-refractivity contribution is -0.139. The number of aryl methyl sites for hydroxylation is 1. The fourth-order valence-electron chi connectivity index (χ4n) is 5.94. The highest BCUT2D eigenvalue weighted by molar-refractivity contribution is 7.98. The summed E-state index contributed by atoms with van der Waals surface area (Å²) in [5.74, 6) is -0.692. The molecule has 1 saturated carbocycles. The van der Waals surface area contributed by atoms with Gasteiger partial charge in [-0.05, 0) is 105 Å². The van der Waals surface area contributed by atoms with Gasteiger partial charge >= 0.3 is 5.97 Å². The number of hydrogen-bond donors (Lipinski definition) is 2. The summed E-state index contributed by atoms with van der Waals surface area (Å²) in [5.41, 5.74) is 6.06. The SMILES string of the molecule is CSCCC(NC(=O)c1ccc(CN(C(C)C)C2(Cc3ccccc3)CCC2)cc1-c1ccccc1C)C(=O)O. The molecule has 0 saturated heterocycles. The molecule has 0 aliphatic heterocycles. The topological polar surface area (TPSA) is 69.6 Å². The number of aliphatic carboxylic acids is 1. The number of nitrogens with zero attached hydrogens (tertiary/aromatic N) is 1. The summed E-state index contributed by atoms with van der Waals surface area (Å²) in [5, 5.41) is 12.5. The zero-order valence-corrected chi connectivity index (χ0v) is 25.0. The van der Waals surface area contributed by atoms with Crippen LogP contribution in [0.5, 0.6) is 0 Å². The summed E-state index contributed by atoms with van der Waals surface area (Å²) in [7, 11) is 0. The van der Waals surface area contributed by atoms with Crippen molar-refractivity contribution < 1.29 is 14.7 Å². The Morgan fingerprint density at radius 2 is 1.68 bits per heavy atom. The molecular formula is C34H42N2O3S. The van der Waals surface area contributed by atoms with Crippen LogP contribution < -0.4 is 5.32 Å². The van der Waals surface area contributed by atoms with Crippen molar-refractivity contribution in [1.29, 1.82) is 0 Å². The summed E-state index contributed by atoms with van der Waals surface area (Å²) in [6.45, 7) is 7.38. The molecule has 212 valence electrons. The molecular weight excluding hydrogens is 516 g/mol. The van der Waals surface area contributed by atoms with E-state index in [1.54, 1.807) is 11.8 Å². The van der Waals surface area contributed by atoms with Crippen LogP contribution >= 0.6 is 11.8 Å². The van der Waals surface area contributed by atoms with Crippen LogP contribution in [0.25, 0.3) is 11.1 Å². The number of benzene rings is 3. The second kappa shape index (κ2) is 13.5. The predicted molar refractivity (Wildman–Crippen MR) is 166 cm³/mol. The molecule has 0 radical (unpaired) electrons. The molecule has 0 aromatic heterocycles. The number of amides is 1. The Morgan fingerprint density at radius 3 is 2.27 bits per heavy atom. The van der Waals surface area contributed by atoms with Gasteiger partial charge in [0.05, 0.1) is 0 Å². The second-order valence-electron chi connectivity index (χ2n) is 11.3. The Morgan fingerprint density at radius 1 is 0.975 bits per heavy atom. The fraction of sp³-hybridized carbons (Fsp3) is 0.412. The maximum absolute atomic E-state index is 13.5. The molecule has 3 aromatic carbocycles. The van der Waals surface area contributed by atoms with E-state index in [0.29, 0.717) is 23.8 Å². The molecule has 1 fully saturated rings. The van der Waals surface area contributed by atoms with Gasteiger partial charge in [-0.1, -0.05) is 60.7 Å². The number of carbonyl (C=O) groups excluding carboxylic acids is 1. The van der Waals surface area contributed by atoms with Crippen LogP contribution in [-0.4, -0.2) is 51.5 Å². The molecule has 3 aromatic rings. The molecule has 1 unspecified atom stereocenters. The van der Waals surface area contributed by atoms with Crippen molar-refractivity contribution in [2.45, 2.75) is 77.0 Å². The van der Waals surface area contributed by atoms with E-state index in [1.165, 1.54) is 24.8 Å². The number of rotatable bonds is 13. The quantitative estimate of drug-likeness (QED) is 0.237. The van der Waals surface area contributed by atoms with Crippen LogP contribution in [0.2, 0.25) is 0 Å². The van der Waals surface area contributed by atoms with E-state index in [9.17, 15) is 14.7 Å². The van der Waals surface area contributed by atoms with Gasteiger partial charge in [0.25, 0.3) is 5.91 Å². The van der Waals surface area contributed by atoms with Crippen molar-refractivity contribution in [1.82, 2.24) is 10.2 Å². The normalized spacial score (nSPS) is 15.1. The van der Waals surface area contributed by atoms with Crippen molar-refractivity contribution in [3.05, 3.63) is 95.1 Å². The predicted octanol–water partition coefficient (Wildman–Crippen LogP) is 6.97. The lowest BCUT2D eigenvalue weighted by Gasteiger charge is -2.53. The van der Waals surface area contributed by atoms with Gasteiger partial charge < -0.3 is 10.4 Å². The maximum Gasteiger partial charge on any atom is 0.326 e. The zero-order chi connectivity index (χ0) is 28.7. The number of carboxylic acids is 1. The minimum atomic E-state index is -1.01. The molecule has 5 nitrogen and oxygen atoms in total. The molecule has 6 heteroatoms. The Labute approximate surface area is 243 Å². The Balaban J connectivity index is 1.68. The summed E-state index contributed by atoms with van der Waals surface area (Å²) in [6.07, 6.45) is 6.95. The third-order valence-corrected chi connectivity index (χ3v) is 8.87. The van der Waals surface area contributed by atoms with E-state index in [0.717, 1.165) is 35.2 Å². The second-order valence-corrected chi connectivity index (χ2v) is 12.3. The first-order valence-electron chi connectivity index (χ1n) is 14.3. The van der Waals surface area contributed by atoms with Crippen LogP contribution in [0, 0.1) is 6.92 Å². The third kappa shape index (κ3) is 6.97. The average Bonchev–Trinajstić information content (AvgIpc) is 2.92. The minimum Gasteiger partial charge on any atom is -0.480 e. The van der Waals surface area contributed by atoms with Gasteiger partial charge in [0.2, 0.25) is 0 Å². The van der Waals surface area contributed by atoms with Crippen molar-refractivity contribution in [3.63, 3.8) is 0 Å². The van der Waals surface area contributed by atoms with Gasteiger partial charge in [0.15, 0.2) is 0 Å². The van der Waals surface area contributed by atoms with Crippen LogP contribution in [0.4, 0.5) is 0 Å². The van der Waals surface area contributed by atoms with Gasteiger partial charge in [-0.3, -0.25) is 9.69 Å². The standard InChI is InChI=1S/C34H42N2O3S/c1-24(2)36(34(18-10-19-34)22-26-12-6-5-7-13-26)23-27-15-16-29(30(21-27)28-14-9-8-11-25(28)3)32(37)35-31(33(38)39)17-20-40-4/h5-9,11-16,21,24,31H,10,17-20,22-23H2,1-4H3,(H,35,37)(H,38,39). The van der Waals surface area contributed by atoms with E-state index in [2.05, 4.69) is 60.5 Å². The van der Waals surface area contributed by atoms with E-state index in [4.69, 9.17) is 0 Å². The largest absolute Gasteiger partial charge is 0.480 e. The molecule has 40 heavy (non-hydrogen) atoms. The first-order valence-corrected chi connectivity index (χ1v) is 15.7. The van der Waals surface area contributed by atoms with Crippen LogP contribution in [0.1, 0.15) is 66.6 Å². The van der Waals surface area contributed by atoms with E-state index in [-0.39, 0.29) is 11.4 Å². The van der Waals surface area contributed by atoms with Gasteiger partial charge in [0.1, 0.15) is 6.04 Å². The molecule has 2 N–H and O–H groups in total. The maximum atomic E-state index is 13.5. The van der Waals surface area contributed by atoms with E-state index < -0.39 is 12.0 Å². The molecule has 1 atom stereocenters. The highest BCUT2D eigenvalue weighted by Gasteiger charge is 2.43. The van der Waals surface area contributed by atoms with Gasteiger partial charge in [-0.25, -0.2) is 4.79 Å². The summed E-state index contributed by atoms with van der Waals surface area (Å²) < 4.78 is 0. The molecule has 0 heterocycles.